The number of amides is 3. The summed E-state index contributed by atoms with van der Waals surface area (Å²) in [5.41, 5.74) is 0.978. The van der Waals surface area contributed by atoms with Crippen molar-refractivity contribution in [3.05, 3.63) is 35.9 Å². The second-order valence-corrected chi connectivity index (χ2v) is 8.73. The number of ether oxygens (including phenoxy) is 2. The molecule has 0 radical (unpaired) electrons. The zero-order valence-corrected chi connectivity index (χ0v) is 17.1. The molecule has 2 saturated heterocycles. The topological polar surface area (TPSA) is 71.1 Å². The first-order valence-corrected chi connectivity index (χ1v) is 9.89. The van der Waals surface area contributed by atoms with Gasteiger partial charge >= 0.3 is 6.03 Å². The smallest absolute Gasteiger partial charge is 0.317 e. The summed E-state index contributed by atoms with van der Waals surface area (Å²) < 4.78 is 11.8. The largest absolute Gasteiger partial charge is 0.345 e. The summed E-state index contributed by atoms with van der Waals surface area (Å²) in [7, 11) is 0. The number of hydrogen-bond acceptors (Lipinski definition) is 4. The maximum Gasteiger partial charge on any atom is 0.317 e. The van der Waals surface area contributed by atoms with Crippen molar-refractivity contribution in [2.75, 3.05) is 39.4 Å². The lowest BCUT2D eigenvalue weighted by atomic mass is 9.91. The number of benzene rings is 1. The molecule has 1 unspecified atom stereocenters. The van der Waals surface area contributed by atoms with Crippen LogP contribution in [0, 0.1) is 5.41 Å². The number of nitrogens with zero attached hydrogens (tertiary/aromatic N) is 2. The highest BCUT2D eigenvalue weighted by Gasteiger charge is 2.44. The Morgan fingerprint density at radius 1 is 1.04 bits per heavy atom. The van der Waals surface area contributed by atoms with Crippen molar-refractivity contribution in [2.45, 2.75) is 39.5 Å². The first-order valence-electron chi connectivity index (χ1n) is 9.89. The van der Waals surface area contributed by atoms with E-state index >= 15 is 0 Å². The van der Waals surface area contributed by atoms with E-state index < -0.39 is 5.79 Å². The molecule has 2 aliphatic rings. The third kappa shape index (κ3) is 5.45. The molecule has 1 atom stereocenters. The van der Waals surface area contributed by atoms with E-state index in [1.54, 1.807) is 9.80 Å². The number of urea groups is 1. The van der Waals surface area contributed by atoms with Gasteiger partial charge in [0, 0.05) is 26.1 Å². The van der Waals surface area contributed by atoms with Gasteiger partial charge in [0.2, 0.25) is 11.7 Å². The van der Waals surface area contributed by atoms with E-state index in [-0.39, 0.29) is 17.4 Å². The van der Waals surface area contributed by atoms with Crippen molar-refractivity contribution >= 4 is 11.9 Å². The molecule has 0 aliphatic carbocycles. The summed E-state index contributed by atoms with van der Waals surface area (Å²) in [6.45, 7) is 9.15. The maximum atomic E-state index is 12.6. The molecule has 0 bridgehead atoms. The Morgan fingerprint density at radius 2 is 1.64 bits per heavy atom. The van der Waals surface area contributed by atoms with Crippen LogP contribution in [-0.2, 0) is 20.8 Å². The fraction of sp³-hybridized carbons (Fsp3) is 0.619. The molecule has 28 heavy (non-hydrogen) atoms. The minimum absolute atomic E-state index is 0.0701. The van der Waals surface area contributed by atoms with Crippen LogP contribution < -0.4 is 5.32 Å². The second kappa shape index (κ2) is 8.49. The van der Waals surface area contributed by atoms with E-state index in [0.717, 1.165) is 5.56 Å². The van der Waals surface area contributed by atoms with Crippen LogP contribution in [0.4, 0.5) is 4.79 Å². The van der Waals surface area contributed by atoms with Crippen LogP contribution in [0.15, 0.2) is 30.3 Å². The van der Waals surface area contributed by atoms with Crippen molar-refractivity contribution < 1.29 is 19.1 Å². The Hall–Kier alpha value is -2.12. The Balaban J connectivity index is 1.58. The summed E-state index contributed by atoms with van der Waals surface area (Å²) in [6, 6.07) is 9.65. The van der Waals surface area contributed by atoms with Crippen molar-refractivity contribution in [3.8, 4) is 0 Å². The lowest BCUT2D eigenvalue weighted by Crippen LogP contribution is -2.64. The zero-order valence-electron chi connectivity index (χ0n) is 17.1. The van der Waals surface area contributed by atoms with Crippen LogP contribution in [0.3, 0.4) is 0 Å². The van der Waals surface area contributed by atoms with Gasteiger partial charge in [-0.25, -0.2) is 4.79 Å². The van der Waals surface area contributed by atoms with Crippen molar-refractivity contribution in [3.63, 3.8) is 0 Å². The predicted octanol–water partition coefficient (Wildman–Crippen LogP) is 2.22. The SMILES string of the molecule is CC(C)(C)CC(=O)N1CCOC2(C1)CN(C(=O)NCc1ccccc1)CCO2. The fourth-order valence-corrected chi connectivity index (χ4v) is 3.53. The number of morpholine rings is 2. The second-order valence-electron chi connectivity index (χ2n) is 8.73. The standard InChI is InChI=1S/C21H31N3O4/c1-20(2,3)13-18(25)23-9-11-27-21(15-23)16-24(10-12-28-21)19(26)22-14-17-7-5-4-6-8-17/h4-8H,9-16H2,1-3H3,(H,22,26). The average Bonchev–Trinajstić information content (AvgIpc) is 2.66. The minimum Gasteiger partial charge on any atom is -0.345 e. The third-order valence-corrected chi connectivity index (χ3v) is 4.92. The highest BCUT2D eigenvalue weighted by atomic mass is 16.7. The van der Waals surface area contributed by atoms with Crippen LogP contribution in [-0.4, -0.2) is 66.9 Å². The van der Waals surface area contributed by atoms with Crippen LogP contribution in [0.1, 0.15) is 32.8 Å². The number of rotatable bonds is 3. The Morgan fingerprint density at radius 3 is 2.29 bits per heavy atom. The summed E-state index contributed by atoms with van der Waals surface area (Å²) in [5, 5.41) is 2.95. The summed E-state index contributed by atoms with van der Waals surface area (Å²) in [5.74, 6) is -0.835. The number of carbonyl (C=O) groups is 2. The molecule has 1 N–H and O–H groups in total. The molecule has 7 heteroatoms. The van der Waals surface area contributed by atoms with Gasteiger partial charge in [0.15, 0.2) is 0 Å². The van der Waals surface area contributed by atoms with Gasteiger partial charge in [0.05, 0.1) is 26.3 Å². The van der Waals surface area contributed by atoms with Crippen molar-refractivity contribution in [1.82, 2.24) is 15.1 Å². The number of nitrogens with one attached hydrogen (secondary N) is 1. The summed E-state index contributed by atoms with van der Waals surface area (Å²) in [6.07, 6.45) is 0.477. The number of carbonyl (C=O) groups excluding carboxylic acids is 2. The first-order chi connectivity index (χ1) is 13.3. The van der Waals surface area contributed by atoms with E-state index in [2.05, 4.69) is 26.1 Å². The number of hydrogen-bond donors (Lipinski definition) is 1. The summed E-state index contributed by atoms with van der Waals surface area (Å²) in [4.78, 5) is 28.8. The molecule has 2 heterocycles. The van der Waals surface area contributed by atoms with E-state index in [1.165, 1.54) is 0 Å². The van der Waals surface area contributed by atoms with Crippen LogP contribution in [0.5, 0.6) is 0 Å². The molecule has 7 nitrogen and oxygen atoms in total. The van der Waals surface area contributed by atoms with Gasteiger partial charge in [-0.2, -0.15) is 0 Å². The maximum absolute atomic E-state index is 12.6. The van der Waals surface area contributed by atoms with Gasteiger partial charge in [-0.05, 0) is 11.0 Å². The van der Waals surface area contributed by atoms with Gasteiger partial charge < -0.3 is 24.6 Å². The third-order valence-electron chi connectivity index (χ3n) is 4.92. The molecule has 154 valence electrons. The fourth-order valence-electron chi connectivity index (χ4n) is 3.53. The van der Waals surface area contributed by atoms with Gasteiger partial charge in [-0.3, -0.25) is 4.79 Å². The normalized spacial score (nSPS) is 23.0. The molecule has 1 aromatic rings. The lowest BCUT2D eigenvalue weighted by molar-refractivity contribution is -0.284. The van der Waals surface area contributed by atoms with Gasteiger partial charge in [0.1, 0.15) is 0 Å². The van der Waals surface area contributed by atoms with E-state index in [0.29, 0.717) is 52.4 Å². The Labute approximate surface area is 167 Å². The van der Waals surface area contributed by atoms with E-state index in [4.69, 9.17) is 9.47 Å². The Bertz CT molecular complexity index is 685. The monoisotopic (exact) mass is 389 g/mol. The molecular formula is C21H31N3O4. The molecule has 3 rings (SSSR count). The Kier molecular flexibility index (Phi) is 6.25. The molecule has 2 aliphatic heterocycles. The van der Waals surface area contributed by atoms with Crippen molar-refractivity contribution in [2.24, 2.45) is 5.41 Å². The highest BCUT2D eigenvalue weighted by molar-refractivity contribution is 5.77. The van der Waals surface area contributed by atoms with Crippen LogP contribution in [0.25, 0.3) is 0 Å². The van der Waals surface area contributed by atoms with Gasteiger partial charge in [-0.1, -0.05) is 51.1 Å². The molecule has 1 spiro atoms. The first kappa shape index (κ1) is 20.6. The summed E-state index contributed by atoms with van der Waals surface area (Å²) >= 11 is 0. The quantitative estimate of drug-likeness (QED) is 0.861. The van der Waals surface area contributed by atoms with Gasteiger partial charge in [-0.15, -0.1) is 0 Å². The molecule has 3 amide bonds. The lowest BCUT2D eigenvalue weighted by Gasteiger charge is -2.47. The molecule has 1 aromatic carbocycles. The van der Waals surface area contributed by atoms with Crippen molar-refractivity contribution in [1.29, 1.82) is 0 Å². The molecule has 2 fully saturated rings. The predicted molar refractivity (Wildman–Crippen MR) is 106 cm³/mol. The average molecular weight is 389 g/mol. The molecular weight excluding hydrogens is 358 g/mol. The molecule has 0 aromatic heterocycles. The molecule has 0 saturated carbocycles. The van der Waals surface area contributed by atoms with E-state index in [9.17, 15) is 9.59 Å². The van der Waals surface area contributed by atoms with Crippen LogP contribution in [0.2, 0.25) is 0 Å². The van der Waals surface area contributed by atoms with E-state index in [1.807, 2.05) is 30.3 Å². The minimum atomic E-state index is -0.936. The highest BCUT2D eigenvalue weighted by Crippen LogP contribution is 2.27. The van der Waals surface area contributed by atoms with Gasteiger partial charge in [0.25, 0.3) is 0 Å². The zero-order chi connectivity index (χ0) is 20.2. The van der Waals surface area contributed by atoms with Crippen LogP contribution >= 0.6 is 0 Å².